The highest BCUT2D eigenvalue weighted by atomic mass is 35.5. The Morgan fingerprint density at radius 2 is 1.48 bits per heavy atom. The Bertz CT molecular complexity index is 899. The normalized spacial score (nSPS) is 17.8. The minimum atomic E-state index is -0.0774. The van der Waals surface area contributed by atoms with Crippen LogP contribution in [0.15, 0.2) is 48.5 Å². The maximum absolute atomic E-state index is 13.0. The molecule has 0 radical (unpaired) electrons. The van der Waals surface area contributed by atoms with Crippen LogP contribution in [0.4, 0.5) is 11.4 Å². The van der Waals surface area contributed by atoms with E-state index in [4.69, 9.17) is 11.6 Å². The van der Waals surface area contributed by atoms with Gasteiger partial charge < -0.3 is 15.1 Å². The minimum Gasteiger partial charge on any atom is -0.370 e. The van der Waals surface area contributed by atoms with Crippen molar-refractivity contribution in [2.45, 2.75) is 38.5 Å². The Kier molecular flexibility index (Phi) is 7.13. The fraction of sp³-hybridized carbons (Fsp3) is 0.440. The van der Waals surface area contributed by atoms with Crippen LogP contribution < -0.4 is 10.2 Å². The number of para-hydroxylation sites is 2. The molecule has 4 rings (SSSR count). The topological polar surface area (TPSA) is 52.7 Å². The minimum absolute atomic E-state index is 0.00188. The van der Waals surface area contributed by atoms with Crippen molar-refractivity contribution in [2.24, 2.45) is 5.92 Å². The van der Waals surface area contributed by atoms with Crippen LogP contribution in [0.3, 0.4) is 0 Å². The first-order valence-corrected chi connectivity index (χ1v) is 11.7. The Morgan fingerprint density at radius 3 is 2.16 bits per heavy atom. The number of nitrogens with zero attached hydrogens (tertiary/aromatic N) is 2. The summed E-state index contributed by atoms with van der Waals surface area (Å²) in [4.78, 5) is 29.9. The Labute approximate surface area is 189 Å². The molecule has 0 aliphatic carbocycles. The zero-order valence-corrected chi connectivity index (χ0v) is 18.6. The van der Waals surface area contributed by atoms with Gasteiger partial charge in [0, 0.05) is 42.7 Å². The van der Waals surface area contributed by atoms with E-state index < -0.39 is 0 Å². The van der Waals surface area contributed by atoms with Crippen molar-refractivity contribution in [1.82, 2.24) is 4.90 Å². The summed E-state index contributed by atoms with van der Waals surface area (Å²) in [7, 11) is 0. The molecule has 2 fully saturated rings. The van der Waals surface area contributed by atoms with Gasteiger partial charge in [0.25, 0.3) is 5.91 Å². The monoisotopic (exact) mass is 439 g/mol. The third-order valence-electron chi connectivity index (χ3n) is 6.35. The molecule has 0 unspecified atom stereocenters. The number of piperidine rings is 1. The fourth-order valence-corrected chi connectivity index (χ4v) is 4.65. The second-order valence-electron chi connectivity index (χ2n) is 8.48. The number of likely N-dealkylation sites (tertiary alicyclic amines) is 1. The Hall–Kier alpha value is -2.53. The van der Waals surface area contributed by atoms with Crippen molar-refractivity contribution in [3.05, 3.63) is 59.1 Å². The molecule has 0 aromatic heterocycles. The van der Waals surface area contributed by atoms with E-state index in [1.54, 1.807) is 24.3 Å². The molecule has 164 valence electrons. The summed E-state index contributed by atoms with van der Waals surface area (Å²) < 4.78 is 0. The first kappa shape index (κ1) is 21.7. The molecule has 0 bridgehead atoms. The zero-order valence-electron chi connectivity index (χ0n) is 17.9. The van der Waals surface area contributed by atoms with E-state index in [2.05, 4.69) is 16.3 Å². The number of anilines is 2. The molecule has 2 saturated heterocycles. The van der Waals surface area contributed by atoms with Gasteiger partial charge in [0.05, 0.1) is 11.4 Å². The second kappa shape index (κ2) is 10.2. The summed E-state index contributed by atoms with van der Waals surface area (Å²) in [5, 5.41) is 3.80. The predicted octanol–water partition coefficient (Wildman–Crippen LogP) is 5.21. The average Bonchev–Trinajstić information content (AvgIpc) is 3.09. The lowest BCUT2D eigenvalue weighted by molar-refractivity contribution is -0.121. The van der Waals surface area contributed by atoms with Crippen molar-refractivity contribution < 1.29 is 9.59 Å². The number of amides is 2. The molecule has 2 aliphatic rings. The molecule has 2 amide bonds. The van der Waals surface area contributed by atoms with Crippen LogP contribution in [0.2, 0.25) is 5.02 Å². The van der Waals surface area contributed by atoms with Gasteiger partial charge >= 0.3 is 0 Å². The van der Waals surface area contributed by atoms with Crippen LogP contribution in [-0.2, 0) is 4.79 Å². The first-order chi connectivity index (χ1) is 15.1. The van der Waals surface area contributed by atoms with Crippen LogP contribution in [0.25, 0.3) is 0 Å². The molecule has 0 spiro atoms. The van der Waals surface area contributed by atoms with Crippen LogP contribution in [0.5, 0.6) is 0 Å². The predicted molar refractivity (Wildman–Crippen MR) is 126 cm³/mol. The highest BCUT2D eigenvalue weighted by Crippen LogP contribution is 2.29. The number of carbonyl (C=O) groups is 2. The molecule has 31 heavy (non-hydrogen) atoms. The van der Waals surface area contributed by atoms with Crippen LogP contribution >= 0.6 is 11.6 Å². The van der Waals surface area contributed by atoms with Gasteiger partial charge in [-0.1, -0.05) is 36.6 Å². The van der Waals surface area contributed by atoms with E-state index in [0.29, 0.717) is 36.5 Å². The first-order valence-electron chi connectivity index (χ1n) is 11.3. The van der Waals surface area contributed by atoms with Gasteiger partial charge in [-0.25, -0.2) is 0 Å². The lowest BCUT2D eigenvalue weighted by Gasteiger charge is -2.32. The molecule has 0 atom stereocenters. The lowest BCUT2D eigenvalue weighted by Crippen LogP contribution is -2.41. The van der Waals surface area contributed by atoms with Crippen molar-refractivity contribution in [2.75, 3.05) is 36.4 Å². The number of hydrogen-bond donors (Lipinski definition) is 1. The van der Waals surface area contributed by atoms with E-state index >= 15 is 0 Å². The lowest BCUT2D eigenvalue weighted by atomic mass is 9.95. The van der Waals surface area contributed by atoms with E-state index in [1.165, 1.54) is 25.7 Å². The number of halogens is 1. The fourth-order valence-electron chi connectivity index (χ4n) is 4.52. The van der Waals surface area contributed by atoms with Crippen LogP contribution in [-0.4, -0.2) is 42.9 Å². The molecular formula is C25H30ClN3O2. The van der Waals surface area contributed by atoms with Gasteiger partial charge in [0.1, 0.15) is 0 Å². The van der Waals surface area contributed by atoms with Gasteiger partial charge in [-0.2, -0.15) is 0 Å². The number of hydrogen-bond acceptors (Lipinski definition) is 3. The summed E-state index contributed by atoms with van der Waals surface area (Å²) in [5.41, 5.74) is 2.65. The molecule has 2 heterocycles. The maximum atomic E-state index is 13.0. The average molecular weight is 440 g/mol. The molecule has 5 nitrogen and oxygen atoms in total. The molecule has 2 aromatic carbocycles. The molecular weight excluding hydrogens is 410 g/mol. The van der Waals surface area contributed by atoms with Gasteiger partial charge in [0.15, 0.2) is 0 Å². The van der Waals surface area contributed by atoms with E-state index in [9.17, 15) is 9.59 Å². The van der Waals surface area contributed by atoms with E-state index in [-0.39, 0.29) is 17.7 Å². The van der Waals surface area contributed by atoms with Gasteiger partial charge in [-0.05, 0) is 62.1 Å². The van der Waals surface area contributed by atoms with E-state index in [1.807, 2.05) is 23.1 Å². The SMILES string of the molecule is O=C(Nc1ccccc1N1CCCCCC1)C1CCN(C(=O)c2ccc(Cl)cc2)CC1. The third-order valence-corrected chi connectivity index (χ3v) is 6.60. The zero-order chi connectivity index (χ0) is 21.6. The van der Waals surface area contributed by atoms with Crippen LogP contribution in [0, 0.1) is 5.92 Å². The van der Waals surface area contributed by atoms with Crippen molar-refractivity contribution in [1.29, 1.82) is 0 Å². The second-order valence-corrected chi connectivity index (χ2v) is 8.92. The number of rotatable bonds is 4. The van der Waals surface area contributed by atoms with Crippen molar-refractivity contribution >= 4 is 34.8 Å². The van der Waals surface area contributed by atoms with Gasteiger partial charge in [0.2, 0.25) is 5.91 Å². The summed E-state index contributed by atoms with van der Waals surface area (Å²) in [5.74, 6) is -0.0191. The summed E-state index contributed by atoms with van der Waals surface area (Å²) in [6, 6.07) is 15.1. The standard InChI is InChI=1S/C25H30ClN3O2/c26-21-11-9-20(10-12-21)25(31)29-17-13-19(14-18-29)24(30)27-22-7-3-4-8-23(22)28-15-5-1-2-6-16-28/h3-4,7-12,19H,1-2,5-6,13-18H2,(H,27,30). The highest BCUT2D eigenvalue weighted by Gasteiger charge is 2.28. The Balaban J connectivity index is 1.35. The van der Waals surface area contributed by atoms with Gasteiger partial charge in [-0.3, -0.25) is 9.59 Å². The third kappa shape index (κ3) is 5.40. The number of nitrogens with one attached hydrogen (secondary N) is 1. The van der Waals surface area contributed by atoms with Crippen molar-refractivity contribution in [3.63, 3.8) is 0 Å². The molecule has 1 N–H and O–H groups in total. The molecule has 6 heteroatoms. The Morgan fingerprint density at radius 1 is 0.839 bits per heavy atom. The quantitative estimate of drug-likeness (QED) is 0.711. The summed E-state index contributed by atoms with van der Waals surface area (Å²) >= 11 is 5.92. The number of benzene rings is 2. The molecule has 0 saturated carbocycles. The highest BCUT2D eigenvalue weighted by molar-refractivity contribution is 6.30. The van der Waals surface area contributed by atoms with Crippen molar-refractivity contribution in [3.8, 4) is 0 Å². The van der Waals surface area contributed by atoms with Gasteiger partial charge in [-0.15, -0.1) is 0 Å². The largest absolute Gasteiger partial charge is 0.370 e. The smallest absolute Gasteiger partial charge is 0.253 e. The maximum Gasteiger partial charge on any atom is 0.253 e. The summed E-state index contributed by atoms with van der Waals surface area (Å²) in [6.07, 6.45) is 6.30. The van der Waals surface area contributed by atoms with E-state index in [0.717, 1.165) is 24.5 Å². The molecule has 2 aliphatic heterocycles. The molecule has 2 aromatic rings. The van der Waals surface area contributed by atoms with Crippen LogP contribution in [0.1, 0.15) is 48.9 Å². The summed E-state index contributed by atoms with van der Waals surface area (Å²) in [6.45, 7) is 3.26. The number of carbonyl (C=O) groups excluding carboxylic acids is 2.